The number of carbonyl (C=O) groups is 2. The van der Waals surface area contributed by atoms with Crippen LogP contribution in [0.5, 0.6) is 0 Å². The molecule has 0 bridgehead atoms. The van der Waals surface area contributed by atoms with Crippen molar-refractivity contribution in [3.05, 3.63) is 12.2 Å². The summed E-state index contributed by atoms with van der Waals surface area (Å²) in [6, 6.07) is 0. The van der Waals surface area contributed by atoms with Gasteiger partial charge in [0.25, 0.3) is 0 Å². The molecule has 1 rings (SSSR count). The van der Waals surface area contributed by atoms with Crippen molar-refractivity contribution in [1.29, 1.82) is 0 Å². The second-order valence-electron chi connectivity index (χ2n) is 2.79. The third-order valence-corrected chi connectivity index (χ3v) is 1.99. The van der Waals surface area contributed by atoms with Crippen LogP contribution in [-0.4, -0.2) is 11.9 Å². The van der Waals surface area contributed by atoms with Gasteiger partial charge in [-0.05, 0) is 18.8 Å². The van der Waals surface area contributed by atoms with Crippen LogP contribution in [0.15, 0.2) is 12.2 Å². The Bertz CT molecular complexity index is 217. The Morgan fingerprint density at radius 1 is 1.33 bits per heavy atom. The molecule has 0 aromatic carbocycles. The summed E-state index contributed by atoms with van der Waals surface area (Å²) < 4.78 is 0. The average molecular weight is 168 g/mol. The van der Waals surface area contributed by atoms with Crippen LogP contribution in [0.25, 0.3) is 0 Å². The van der Waals surface area contributed by atoms with E-state index >= 15 is 0 Å². The normalized spacial score (nSPS) is 21.6. The molecule has 0 saturated heterocycles. The number of rotatable bonds is 3. The lowest BCUT2D eigenvalue weighted by molar-refractivity contribution is -0.333. The van der Waals surface area contributed by atoms with Crippen LogP contribution in [0, 0.1) is 11.8 Å². The van der Waals surface area contributed by atoms with E-state index in [0.29, 0.717) is 6.42 Å². The van der Waals surface area contributed by atoms with Crippen molar-refractivity contribution in [1.82, 2.24) is 0 Å². The fourth-order valence-corrected chi connectivity index (χ4v) is 1.38. The van der Waals surface area contributed by atoms with E-state index in [2.05, 4.69) is 0 Å². The Hall–Kier alpha value is -1.32. The van der Waals surface area contributed by atoms with Gasteiger partial charge in [0, 0.05) is 5.92 Å². The first-order chi connectivity index (χ1) is 5.63. The minimum atomic E-state index is -1.56. The first kappa shape index (κ1) is 8.77. The molecule has 0 amide bonds. The highest BCUT2D eigenvalue weighted by molar-refractivity contribution is 5.91. The van der Waals surface area contributed by atoms with Gasteiger partial charge in [0.2, 0.25) is 0 Å². The molecule has 0 fully saturated rings. The van der Waals surface area contributed by atoms with Crippen molar-refractivity contribution in [3.63, 3.8) is 0 Å². The van der Waals surface area contributed by atoms with Gasteiger partial charge in [-0.2, -0.15) is 0 Å². The smallest absolute Gasteiger partial charge is 0.0507 e. The maximum Gasteiger partial charge on any atom is 0.0507 e. The first-order valence-corrected chi connectivity index (χ1v) is 3.71. The molecule has 0 unspecified atom stereocenters. The summed E-state index contributed by atoms with van der Waals surface area (Å²) in [7, 11) is 0. The summed E-state index contributed by atoms with van der Waals surface area (Å²) >= 11 is 0. The van der Waals surface area contributed by atoms with Crippen LogP contribution in [0.1, 0.15) is 12.8 Å². The number of allylic oxidation sites excluding steroid dienone is 2. The molecule has 4 heteroatoms. The predicted octanol–water partition coefficient (Wildman–Crippen LogP) is -1.93. The lowest BCUT2D eigenvalue weighted by Gasteiger charge is -2.23. The van der Waals surface area contributed by atoms with Gasteiger partial charge in [-0.15, -0.1) is 0 Å². The van der Waals surface area contributed by atoms with Gasteiger partial charge < -0.3 is 19.8 Å². The Morgan fingerprint density at radius 3 is 2.25 bits per heavy atom. The topological polar surface area (TPSA) is 80.3 Å². The summed E-state index contributed by atoms with van der Waals surface area (Å²) in [4.78, 5) is 20.7. The summed E-state index contributed by atoms with van der Waals surface area (Å²) in [5, 5.41) is 20.7. The highest BCUT2D eigenvalue weighted by atomic mass is 16.4. The second kappa shape index (κ2) is 3.38. The standard InChI is InChI=1S/C8H10O4/c9-7(10)6(8(11)12)5-3-1-2-4-5/h1,3,5-6H,2,4H2,(H,9,10)(H,11,12)/p-2/t5-/m0/s1. The van der Waals surface area contributed by atoms with Crippen LogP contribution in [0.3, 0.4) is 0 Å². The highest BCUT2D eigenvalue weighted by Crippen LogP contribution is 2.24. The molecule has 12 heavy (non-hydrogen) atoms. The van der Waals surface area contributed by atoms with Crippen molar-refractivity contribution < 1.29 is 19.8 Å². The molecule has 0 aliphatic heterocycles. The van der Waals surface area contributed by atoms with Crippen molar-refractivity contribution in [2.45, 2.75) is 12.8 Å². The molecule has 0 N–H and O–H groups in total. The molecule has 0 spiro atoms. The van der Waals surface area contributed by atoms with Crippen LogP contribution < -0.4 is 10.2 Å². The fraction of sp³-hybridized carbons (Fsp3) is 0.500. The zero-order chi connectivity index (χ0) is 9.14. The van der Waals surface area contributed by atoms with E-state index in [4.69, 9.17) is 0 Å². The maximum absolute atomic E-state index is 10.4. The highest BCUT2D eigenvalue weighted by Gasteiger charge is 2.23. The van der Waals surface area contributed by atoms with E-state index in [0.717, 1.165) is 6.42 Å². The van der Waals surface area contributed by atoms with E-state index in [9.17, 15) is 19.8 Å². The monoisotopic (exact) mass is 168 g/mol. The number of carbonyl (C=O) groups excluding carboxylic acids is 2. The number of carboxylic acid groups (broad SMARTS) is 2. The van der Waals surface area contributed by atoms with Gasteiger partial charge in [0.15, 0.2) is 0 Å². The third kappa shape index (κ3) is 1.64. The molecular formula is C8H8O4-2. The third-order valence-electron chi connectivity index (χ3n) is 1.99. The lowest BCUT2D eigenvalue weighted by Crippen LogP contribution is -2.46. The Balaban J connectivity index is 2.71. The van der Waals surface area contributed by atoms with E-state index in [-0.39, 0.29) is 0 Å². The lowest BCUT2D eigenvalue weighted by atomic mass is 9.92. The molecule has 0 aromatic rings. The summed E-state index contributed by atoms with van der Waals surface area (Å²) in [6.45, 7) is 0. The Morgan fingerprint density at radius 2 is 1.92 bits per heavy atom. The first-order valence-electron chi connectivity index (χ1n) is 3.71. The minimum Gasteiger partial charge on any atom is -0.549 e. The SMILES string of the molecule is O=C([O-])C(C(=O)[O-])[C@H]1C=CCC1. The molecule has 1 aliphatic rings. The zero-order valence-electron chi connectivity index (χ0n) is 6.36. The molecule has 0 radical (unpaired) electrons. The van der Waals surface area contributed by atoms with Crippen LogP contribution in [-0.2, 0) is 9.59 Å². The fourth-order valence-electron chi connectivity index (χ4n) is 1.38. The van der Waals surface area contributed by atoms with E-state index in [1.807, 2.05) is 0 Å². The summed E-state index contributed by atoms with van der Waals surface area (Å²) in [5.41, 5.74) is 0. The van der Waals surface area contributed by atoms with E-state index < -0.39 is 23.8 Å². The van der Waals surface area contributed by atoms with Crippen molar-refractivity contribution in [2.75, 3.05) is 0 Å². The maximum atomic E-state index is 10.4. The van der Waals surface area contributed by atoms with Gasteiger partial charge in [-0.3, -0.25) is 0 Å². The number of hydrogen-bond acceptors (Lipinski definition) is 4. The number of aliphatic carboxylic acids is 2. The van der Waals surface area contributed by atoms with Crippen LogP contribution in [0.4, 0.5) is 0 Å². The molecule has 0 aromatic heterocycles. The Labute approximate surface area is 69.5 Å². The van der Waals surface area contributed by atoms with Gasteiger partial charge in [0.1, 0.15) is 0 Å². The minimum absolute atomic E-state index is 0.458. The van der Waals surface area contributed by atoms with Crippen molar-refractivity contribution in [2.24, 2.45) is 11.8 Å². The van der Waals surface area contributed by atoms with E-state index in [1.165, 1.54) is 0 Å². The van der Waals surface area contributed by atoms with Crippen LogP contribution >= 0.6 is 0 Å². The number of carboxylic acids is 2. The second-order valence-corrected chi connectivity index (χ2v) is 2.79. The molecule has 0 heterocycles. The van der Waals surface area contributed by atoms with Gasteiger partial charge >= 0.3 is 0 Å². The van der Waals surface area contributed by atoms with Crippen molar-refractivity contribution in [3.8, 4) is 0 Å². The molecule has 4 nitrogen and oxygen atoms in total. The molecule has 1 aliphatic carbocycles. The molecule has 0 saturated carbocycles. The van der Waals surface area contributed by atoms with E-state index in [1.54, 1.807) is 12.2 Å². The molecule has 66 valence electrons. The Kier molecular flexibility index (Phi) is 2.47. The van der Waals surface area contributed by atoms with Gasteiger partial charge in [0.05, 0.1) is 11.9 Å². The van der Waals surface area contributed by atoms with Gasteiger partial charge in [-0.1, -0.05) is 12.2 Å². The van der Waals surface area contributed by atoms with Gasteiger partial charge in [-0.25, -0.2) is 0 Å². The average Bonchev–Trinajstić information content (AvgIpc) is 2.37. The van der Waals surface area contributed by atoms with Crippen molar-refractivity contribution >= 4 is 11.9 Å². The molecular weight excluding hydrogens is 160 g/mol. The largest absolute Gasteiger partial charge is 0.549 e. The predicted molar refractivity (Wildman–Crippen MR) is 35.4 cm³/mol. The summed E-state index contributed by atoms with van der Waals surface area (Å²) in [6.07, 6.45) is 4.63. The molecule has 1 atom stereocenters. The van der Waals surface area contributed by atoms with Crippen LogP contribution in [0.2, 0.25) is 0 Å². The zero-order valence-corrected chi connectivity index (χ0v) is 6.36. The summed E-state index contributed by atoms with van der Waals surface area (Å²) in [5.74, 6) is -5.08. The number of hydrogen-bond donors (Lipinski definition) is 0. The quantitative estimate of drug-likeness (QED) is 0.363.